The Balaban J connectivity index is 1.75. The number of hydrogen-bond donors (Lipinski definition) is 1. The van der Waals surface area contributed by atoms with Crippen molar-refractivity contribution in [2.45, 2.75) is 6.92 Å². The Morgan fingerprint density at radius 2 is 1.81 bits per heavy atom. The molecule has 1 heterocycles. The average Bonchev–Trinajstić information content (AvgIpc) is 3.16. The van der Waals surface area contributed by atoms with Crippen LogP contribution in [-0.4, -0.2) is 13.0 Å². The van der Waals surface area contributed by atoms with Crippen molar-refractivity contribution in [3.05, 3.63) is 88.6 Å². The second-order valence-electron chi connectivity index (χ2n) is 7.00. The Morgan fingerprint density at radius 1 is 1.03 bits per heavy atom. The van der Waals surface area contributed by atoms with Crippen LogP contribution in [0.4, 0.5) is 5.69 Å². The molecule has 0 aliphatic heterocycles. The number of methoxy groups -OCH3 is 1. The minimum Gasteiger partial charge on any atom is -0.496 e. The molecular weight excluding hydrogens is 433 g/mol. The third kappa shape index (κ3) is 4.46. The molecule has 6 heteroatoms. The van der Waals surface area contributed by atoms with E-state index in [0.29, 0.717) is 21.4 Å². The average molecular weight is 452 g/mol. The van der Waals surface area contributed by atoms with E-state index in [4.69, 9.17) is 32.4 Å². The van der Waals surface area contributed by atoms with Gasteiger partial charge < -0.3 is 14.5 Å². The third-order valence-electron chi connectivity index (χ3n) is 4.93. The number of anilines is 1. The highest BCUT2D eigenvalue weighted by atomic mass is 35.5. The van der Waals surface area contributed by atoms with Crippen LogP contribution in [0.15, 0.2) is 77.4 Å². The number of amides is 1. The lowest BCUT2D eigenvalue weighted by molar-refractivity contribution is -0.111. The largest absolute Gasteiger partial charge is 0.496 e. The fourth-order valence-electron chi connectivity index (χ4n) is 3.42. The number of allylic oxidation sites excluding steroid dienone is 1. The standard InChI is InChI=1S/C25H19Cl2NO3/c1-15(10-25(29)28-17-6-4-3-5-7-17)19-12-20-21(14-31-24(20)13-23(19)30-2)18-9-8-16(26)11-22(18)27/h3-14H,1-2H3,(H,28,29)/b15-10+. The minimum absolute atomic E-state index is 0.223. The quantitative estimate of drug-likeness (QED) is 0.320. The predicted octanol–water partition coefficient (Wildman–Crippen LogP) is 7.46. The lowest BCUT2D eigenvalue weighted by atomic mass is 9.99. The number of rotatable bonds is 5. The Bertz CT molecular complexity index is 1290. The van der Waals surface area contributed by atoms with Crippen LogP contribution in [0.1, 0.15) is 12.5 Å². The highest BCUT2D eigenvalue weighted by molar-refractivity contribution is 6.36. The SMILES string of the molecule is COc1cc2occ(-c3ccc(Cl)cc3Cl)c2cc1/C(C)=C/C(=O)Nc1ccccc1. The topological polar surface area (TPSA) is 51.5 Å². The monoisotopic (exact) mass is 451 g/mol. The fraction of sp³-hybridized carbons (Fsp3) is 0.0800. The van der Waals surface area contributed by atoms with Crippen LogP contribution in [0.5, 0.6) is 5.75 Å². The van der Waals surface area contributed by atoms with Crippen LogP contribution in [0.3, 0.4) is 0 Å². The van der Waals surface area contributed by atoms with Crippen LogP contribution < -0.4 is 10.1 Å². The summed E-state index contributed by atoms with van der Waals surface area (Å²) < 4.78 is 11.3. The number of benzene rings is 3. The number of ether oxygens (including phenoxy) is 1. The Labute approximate surface area is 190 Å². The summed E-state index contributed by atoms with van der Waals surface area (Å²) in [4.78, 5) is 12.5. The summed E-state index contributed by atoms with van der Waals surface area (Å²) in [6.45, 7) is 1.86. The summed E-state index contributed by atoms with van der Waals surface area (Å²) in [6.07, 6.45) is 3.20. The molecule has 0 unspecified atom stereocenters. The summed E-state index contributed by atoms with van der Waals surface area (Å²) >= 11 is 12.5. The summed E-state index contributed by atoms with van der Waals surface area (Å²) in [5, 5.41) is 4.81. The van der Waals surface area contributed by atoms with E-state index in [1.807, 2.05) is 55.5 Å². The van der Waals surface area contributed by atoms with E-state index >= 15 is 0 Å². The zero-order chi connectivity index (χ0) is 22.0. The molecule has 1 amide bonds. The maximum atomic E-state index is 12.5. The maximum absolute atomic E-state index is 12.5. The normalized spacial score (nSPS) is 11.5. The number of carbonyl (C=O) groups excluding carboxylic acids is 1. The highest BCUT2D eigenvalue weighted by Crippen LogP contribution is 2.40. The van der Waals surface area contributed by atoms with Crippen molar-refractivity contribution in [3.63, 3.8) is 0 Å². The first kappa shape index (κ1) is 21.0. The van der Waals surface area contributed by atoms with Gasteiger partial charge in [-0.25, -0.2) is 0 Å². The molecule has 31 heavy (non-hydrogen) atoms. The molecule has 0 fully saturated rings. The van der Waals surface area contributed by atoms with Gasteiger partial charge in [-0.05, 0) is 42.8 Å². The van der Waals surface area contributed by atoms with Crippen molar-refractivity contribution in [1.29, 1.82) is 0 Å². The molecule has 156 valence electrons. The van der Waals surface area contributed by atoms with Crippen molar-refractivity contribution >= 4 is 51.3 Å². The van der Waals surface area contributed by atoms with Gasteiger partial charge in [0.1, 0.15) is 11.3 Å². The zero-order valence-corrected chi connectivity index (χ0v) is 18.4. The number of fused-ring (bicyclic) bond motifs is 1. The lowest BCUT2D eigenvalue weighted by Gasteiger charge is -2.10. The van der Waals surface area contributed by atoms with Gasteiger partial charge in [0, 0.05) is 44.9 Å². The summed E-state index contributed by atoms with van der Waals surface area (Å²) in [5.41, 5.74) is 4.57. The van der Waals surface area contributed by atoms with Crippen LogP contribution in [0.25, 0.3) is 27.7 Å². The first-order valence-corrected chi connectivity index (χ1v) is 10.3. The van der Waals surface area contributed by atoms with E-state index in [-0.39, 0.29) is 5.91 Å². The predicted molar refractivity (Wildman–Crippen MR) is 127 cm³/mol. The molecule has 0 aliphatic carbocycles. The molecule has 0 spiro atoms. The fourth-order valence-corrected chi connectivity index (χ4v) is 3.93. The number of furan rings is 1. The number of hydrogen-bond acceptors (Lipinski definition) is 3. The van der Waals surface area contributed by atoms with Gasteiger partial charge >= 0.3 is 0 Å². The molecule has 1 N–H and O–H groups in total. The van der Waals surface area contributed by atoms with Gasteiger partial charge in [0.05, 0.1) is 18.4 Å². The van der Waals surface area contributed by atoms with Gasteiger partial charge in [-0.15, -0.1) is 0 Å². The van der Waals surface area contributed by atoms with Crippen molar-refractivity contribution in [2.24, 2.45) is 0 Å². The summed E-state index contributed by atoms with van der Waals surface area (Å²) in [7, 11) is 1.59. The molecule has 0 saturated carbocycles. The van der Waals surface area contributed by atoms with E-state index in [1.54, 1.807) is 31.6 Å². The van der Waals surface area contributed by atoms with Gasteiger partial charge in [-0.1, -0.05) is 47.5 Å². The van der Waals surface area contributed by atoms with Crippen molar-refractivity contribution in [2.75, 3.05) is 12.4 Å². The molecule has 4 rings (SSSR count). The minimum atomic E-state index is -0.223. The maximum Gasteiger partial charge on any atom is 0.248 e. The smallest absolute Gasteiger partial charge is 0.248 e. The van der Waals surface area contributed by atoms with Crippen LogP contribution in [0.2, 0.25) is 10.0 Å². The molecule has 0 aliphatic rings. The van der Waals surface area contributed by atoms with E-state index in [9.17, 15) is 4.79 Å². The molecule has 0 radical (unpaired) electrons. The molecular formula is C25H19Cl2NO3. The first-order valence-electron chi connectivity index (χ1n) is 9.55. The Kier molecular flexibility index (Phi) is 6.03. The van der Waals surface area contributed by atoms with Crippen molar-refractivity contribution in [1.82, 2.24) is 0 Å². The second kappa shape index (κ2) is 8.88. The van der Waals surface area contributed by atoms with Crippen LogP contribution in [-0.2, 0) is 4.79 Å². The van der Waals surface area contributed by atoms with Gasteiger partial charge in [0.25, 0.3) is 0 Å². The van der Waals surface area contributed by atoms with E-state index in [2.05, 4.69) is 5.32 Å². The van der Waals surface area contributed by atoms with E-state index in [1.165, 1.54) is 0 Å². The lowest BCUT2D eigenvalue weighted by Crippen LogP contribution is -2.08. The summed E-state index contributed by atoms with van der Waals surface area (Å²) in [5.74, 6) is 0.385. The van der Waals surface area contributed by atoms with Crippen LogP contribution >= 0.6 is 23.2 Å². The molecule has 4 aromatic rings. The zero-order valence-electron chi connectivity index (χ0n) is 16.9. The van der Waals surface area contributed by atoms with Gasteiger partial charge in [0.2, 0.25) is 5.91 Å². The van der Waals surface area contributed by atoms with E-state index in [0.717, 1.165) is 33.3 Å². The van der Waals surface area contributed by atoms with Gasteiger partial charge in [-0.3, -0.25) is 4.79 Å². The van der Waals surface area contributed by atoms with E-state index < -0.39 is 0 Å². The molecule has 0 bridgehead atoms. The Morgan fingerprint density at radius 3 is 2.52 bits per heavy atom. The van der Waals surface area contributed by atoms with Crippen molar-refractivity contribution in [3.8, 4) is 16.9 Å². The molecule has 4 nitrogen and oxygen atoms in total. The Hall–Kier alpha value is -3.21. The molecule has 0 saturated heterocycles. The number of halogens is 2. The number of carbonyl (C=O) groups is 1. The third-order valence-corrected chi connectivity index (χ3v) is 5.48. The summed E-state index contributed by atoms with van der Waals surface area (Å²) in [6, 6.07) is 18.4. The van der Waals surface area contributed by atoms with Crippen LogP contribution in [0, 0.1) is 0 Å². The van der Waals surface area contributed by atoms with Gasteiger partial charge in [0.15, 0.2) is 0 Å². The number of para-hydroxylation sites is 1. The second-order valence-corrected chi connectivity index (χ2v) is 7.85. The molecule has 3 aromatic carbocycles. The number of nitrogens with one attached hydrogen (secondary N) is 1. The molecule has 0 atom stereocenters. The molecule has 1 aromatic heterocycles. The van der Waals surface area contributed by atoms with Gasteiger partial charge in [-0.2, -0.15) is 0 Å². The van der Waals surface area contributed by atoms with Crippen molar-refractivity contribution < 1.29 is 13.9 Å². The first-order chi connectivity index (χ1) is 15.0. The highest BCUT2D eigenvalue weighted by Gasteiger charge is 2.16.